The fourth-order valence-electron chi connectivity index (χ4n) is 10.2. The predicted molar refractivity (Wildman–Crippen MR) is 240 cm³/mol. The summed E-state index contributed by atoms with van der Waals surface area (Å²) in [6.07, 6.45) is 9.93. The van der Waals surface area contributed by atoms with Gasteiger partial charge in [0.25, 0.3) is 0 Å². The van der Waals surface area contributed by atoms with Crippen molar-refractivity contribution in [1.82, 2.24) is 45.0 Å². The maximum absolute atomic E-state index is 15.2. The number of likely N-dealkylation sites (tertiary alicyclic amines) is 2. The summed E-state index contributed by atoms with van der Waals surface area (Å²) in [5.74, 6) is 1.55. The number of aromatic nitrogens is 6. The van der Waals surface area contributed by atoms with Crippen molar-refractivity contribution in [3.63, 3.8) is 0 Å². The van der Waals surface area contributed by atoms with Crippen molar-refractivity contribution in [3.8, 4) is 22.6 Å². The number of nitrogens with two attached hydrogens (primary N) is 1. The van der Waals surface area contributed by atoms with Gasteiger partial charge in [-0.15, -0.1) is 0 Å². The Hall–Kier alpha value is -6.46. The van der Waals surface area contributed by atoms with Crippen LogP contribution in [-0.2, 0) is 19.2 Å². The molecule has 17 nitrogen and oxygen atoms in total. The van der Waals surface area contributed by atoms with Gasteiger partial charge in [-0.25, -0.2) is 19.0 Å². The summed E-state index contributed by atoms with van der Waals surface area (Å²) in [4.78, 5) is 69.5. The molecular formula is C47H55FN12O5. The van der Waals surface area contributed by atoms with Crippen molar-refractivity contribution >= 4 is 51.9 Å². The highest BCUT2D eigenvalue weighted by Crippen LogP contribution is 2.48. The number of nitrogens with zero attached hydrogens (tertiary/aromatic N) is 9. The van der Waals surface area contributed by atoms with Crippen LogP contribution in [0.1, 0.15) is 107 Å². The van der Waals surface area contributed by atoms with E-state index >= 15 is 4.39 Å². The fraction of sp³-hybridized carbons (Fsp3) is 0.511. The van der Waals surface area contributed by atoms with Gasteiger partial charge < -0.3 is 30.3 Å². The van der Waals surface area contributed by atoms with Crippen LogP contribution in [0.25, 0.3) is 33.7 Å². The molecule has 0 spiro atoms. The average Bonchev–Trinajstić information content (AvgIpc) is 3.91. The number of nitrogen functional groups attached to an aromatic ring is 1. The minimum absolute atomic E-state index is 0.0211. The molecule has 8 heterocycles. The molecule has 65 heavy (non-hydrogen) atoms. The molecule has 18 heteroatoms. The summed E-state index contributed by atoms with van der Waals surface area (Å²) in [5, 5.41) is 15.4. The highest BCUT2D eigenvalue weighted by atomic mass is 19.1. The van der Waals surface area contributed by atoms with E-state index in [1.54, 1.807) is 12.1 Å². The van der Waals surface area contributed by atoms with E-state index in [1.165, 1.54) is 12.4 Å². The Morgan fingerprint density at radius 2 is 1.63 bits per heavy atom. The Morgan fingerprint density at radius 3 is 2.31 bits per heavy atom. The summed E-state index contributed by atoms with van der Waals surface area (Å²) in [5.41, 5.74) is 11.9. The first-order valence-electron chi connectivity index (χ1n) is 23.1. The summed E-state index contributed by atoms with van der Waals surface area (Å²) >= 11 is 0. The third kappa shape index (κ3) is 8.50. The smallest absolute Gasteiger partial charge is 0.249 e. The number of anilines is 3. The summed E-state index contributed by atoms with van der Waals surface area (Å²) in [6, 6.07) is 8.54. The average molecular weight is 887 g/mol. The van der Waals surface area contributed by atoms with Gasteiger partial charge in [0.2, 0.25) is 23.6 Å². The van der Waals surface area contributed by atoms with Crippen LogP contribution in [-0.4, -0.2) is 109 Å². The Labute approximate surface area is 375 Å². The molecule has 5 fully saturated rings. The molecule has 1 aliphatic carbocycles. The molecule has 4 aliphatic heterocycles. The number of benzene rings is 1. The van der Waals surface area contributed by atoms with E-state index in [1.807, 2.05) is 40.6 Å². The van der Waals surface area contributed by atoms with Crippen molar-refractivity contribution in [3.05, 3.63) is 60.0 Å². The molecule has 0 bridgehead atoms. The van der Waals surface area contributed by atoms with Crippen LogP contribution in [0.4, 0.5) is 21.6 Å². The number of carbonyl (C=O) groups is 4. The minimum Gasteiger partial charge on any atom is -0.383 e. The van der Waals surface area contributed by atoms with Crippen LogP contribution in [0.5, 0.6) is 0 Å². The van der Waals surface area contributed by atoms with Gasteiger partial charge in [-0.3, -0.25) is 29.5 Å². The number of piperidine rings is 3. The first-order chi connectivity index (χ1) is 31.5. The van der Waals surface area contributed by atoms with Crippen molar-refractivity contribution in [1.29, 1.82) is 0 Å². The number of carbonyl (C=O) groups excluding carboxylic acids is 4. The second kappa shape index (κ2) is 17.5. The number of rotatable bonds is 12. The zero-order valence-electron chi connectivity index (χ0n) is 36.8. The van der Waals surface area contributed by atoms with E-state index in [2.05, 4.69) is 36.7 Å². The van der Waals surface area contributed by atoms with Gasteiger partial charge in [-0.05, 0) is 106 Å². The lowest BCUT2D eigenvalue weighted by molar-refractivity contribution is -0.142. The van der Waals surface area contributed by atoms with E-state index in [0.29, 0.717) is 84.0 Å². The van der Waals surface area contributed by atoms with Crippen LogP contribution in [0.3, 0.4) is 0 Å². The SMILES string of the molecule is CC(C)n1nc(-c2noc(C3CC3)c2-c2ccc(C3CCN(C(=O)CCC(=O)N4CC(C5CCN(c6ccc(NC7CCC(=O)NC7=O)cc6F)CC5)C4)CC3)cn2)c2c(N)ncnc21. The number of hydrogen-bond acceptors (Lipinski definition) is 13. The molecular weight excluding hydrogens is 832 g/mol. The van der Waals surface area contributed by atoms with E-state index in [9.17, 15) is 19.2 Å². The number of imide groups is 1. The van der Waals surface area contributed by atoms with Gasteiger partial charge in [0.05, 0.1) is 22.3 Å². The van der Waals surface area contributed by atoms with Crippen LogP contribution in [0.2, 0.25) is 0 Å². The number of hydrogen-bond donors (Lipinski definition) is 3. The monoisotopic (exact) mass is 886 g/mol. The van der Waals surface area contributed by atoms with Crippen molar-refractivity contribution in [2.45, 2.75) is 102 Å². The molecule has 4 amide bonds. The largest absolute Gasteiger partial charge is 0.383 e. The molecule has 1 aromatic carbocycles. The first kappa shape index (κ1) is 42.5. The Bertz CT molecular complexity index is 2620. The lowest BCUT2D eigenvalue weighted by Gasteiger charge is -2.46. The molecule has 340 valence electrons. The number of fused-ring (bicyclic) bond motifs is 1. The molecule has 10 rings (SSSR count). The van der Waals surface area contributed by atoms with E-state index in [4.69, 9.17) is 20.3 Å². The van der Waals surface area contributed by atoms with Crippen LogP contribution < -0.4 is 21.3 Å². The van der Waals surface area contributed by atoms with Crippen LogP contribution in [0, 0.1) is 17.7 Å². The lowest BCUT2D eigenvalue weighted by atomic mass is 9.79. The third-order valence-electron chi connectivity index (χ3n) is 14.1. The van der Waals surface area contributed by atoms with Crippen LogP contribution in [0.15, 0.2) is 47.4 Å². The molecule has 5 aliphatic rings. The molecule has 1 atom stereocenters. The standard InChI is InChI=1S/C47H55FN12O5/c1-26(2)60-46-41(45(49)51-25-52-46)42(55-60)43-40(44(65-56-43)29-3-4-29)34-7-5-30(22-50-34)27-15-19-58(20-16-27)38(62)11-12-39(63)59-23-31(24-59)28-13-17-57(18-14-28)36-9-6-32(21-33(36)48)53-35-8-10-37(61)54-47(35)64/h5-7,9,21-22,25-29,31,35,53H,3-4,8,10-20,23-24H2,1-2H3,(H2,49,51,52)(H,54,61,64). The highest BCUT2D eigenvalue weighted by molar-refractivity contribution is 6.02. The van der Waals surface area contributed by atoms with E-state index in [0.717, 1.165) is 74.2 Å². The lowest BCUT2D eigenvalue weighted by Crippen LogP contribution is -2.54. The third-order valence-corrected chi connectivity index (χ3v) is 14.1. The van der Waals surface area contributed by atoms with Crippen molar-refractivity contribution in [2.24, 2.45) is 11.8 Å². The summed E-state index contributed by atoms with van der Waals surface area (Å²) in [7, 11) is 0. The second-order valence-electron chi connectivity index (χ2n) is 18.7. The summed E-state index contributed by atoms with van der Waals surface area (Å²) in [6.45, 7) is 8.19. The zero-order chi connectivity index (χ0) is 44.9. The normalized spacial score (nSPS) is 20.1. The van der Waals surface area contributed by atoms with Crippen LogP contribution >= 0.6 is 0 Å². The molecule has 1 saturated carbocycles. The highest BCUT2D eigenvalue weighted by Gasteiger charge is 2.39. The van der Waals surface area contributed by atoms with Gasteiger partial charge >= 0.3 is 0 Å². The van der Waals surface area contributed by atoms with E-state index < -0.39 is 11.9 Å². The molecule has 4 saturated heterocycles. The Balaban J connectivity index is 0.677. The Morgan fingerprint density at radius 1 is 0.877 bits per heavy atom. The molecule has 0 radical (unpaired) electrons. The van der Waals surface area contributed by atoms with Gasteiger partial charge in [0.1, 0.15) is 41.2 Å². The van der Waals surface area contributed by atoms with E-state index in [-0.39, 0.29) is 60.7 Å². The zero-order valence-corrected chi connectivity index (χ0v) is 36.8. The van der Waals surface area contributed by atoms with Gasteiger partial charge in [-0.2, -0.15) is 5.10 Å². The molecule has 1 unspecified atom stereocenters. The number of halogens is 1. The van der Waals surface area contributed by atoms with Gasteiger partial charge in [0, 0.05) is 82.4 Å². The molecule has 4 aromatic heterocycles. The maximum Gasteiger partial charge on any atom is 0.249 e. The fourth-order valence-corrected chi connectivity index (χ4v) is 10.2. The van der Waals surface area contributed by atoms with Gasteiger partial charge in [-0.1, -0.05) is 11.2 Å². The number of amides is 4. The Kier molecular flexibility index (Phi) is 11.4. The second-order valence-corrected chi connectivity index (χ2v) is 18.7. The van der Waals surface area contributed by atoms with Crippen molar-refractivity contribution < 1.29 is 28.1 Å². The number of nitrogens with one attached hydrogen (secondary N) is 2. The topological polar surface area (TPSA) is 211 Å². The molecule has 5 aromatic rings. The maximum atomic E-state index is 15.2. The van der Waals surface area contributed by atoms with Crippen molar-refractivity contribution in [2.75, 3.05) is 55.2 Å². The number of pyridine rings is 1. The van der Waals surface area contributed by atoms with Gasteiger partial charge in [0.15, 0.2) is 5.65 Å². The molecule has 4 N–H and O–H groups in total. The quantitative estimate of drug-likeness (QED) is 0.127. The summed E-state index contributed by atoms with van der Waals surface area (Å²) < 4.78 is 23.0. The first-order valence-corrected chi connectivity index (χ1v) is 23.1. The predicted octanol–water partition coefficient (Wildman–Crippen LogP) is 5.80. The minimum atomic E-state index is -0.570.